The van der Waals surface area contributed by atoms with Crippen molar-refractivity contribution in [3.63, 3.8) is 0 Å². The first-order chi connectivity index (χ1) is 12.5. The van der Waals surface area contributed by atoms with Crippen LogP contribution in [0.1, 0.15) is 29.3 Å². The first-order valence-electron chi connectivity index (χ1n) is 8.04. The van der Waals surface area contributed by atoms with Gasteiger partial charge in [-0.15, -0.1) is 0 Å². The monoisotopic (exact) mass is 391 g/mol. The molecule has 0 aliphatic heterocycles. The van der Waals surface area contributed by atoms with E-state index in [1.807, 2.05) is 0 Å². The number of carbonyl (C=O) groups excluding carboxylic acids is 1. The number of hydrogen-bond acceptors (Lipinski definition) is 5. The summed E-state index contributed by atoms with van der Waals surface area (Å²) in [6, 6.07) is 12.2. The van der Waals surface area contributed by atoms with Crippen LogP contribution in [-0.4, -0.2) is 38.8 Å². The van der Waals surface area contributed by atoms with Crippen LogP contribution in [0.4, 0.5) is 0 Å². The number of carboxylic acids is 1. The van der Waals surface area contributed by atoms with Crippen LogP contribution in [0.25, 0.3) is 0 Å². The third kappa shape index (κ3) is 5.07. The van der Waals surface area contributed by atoms with Crippen LogP contribution in [-0.2, 0) is 20.2 Å². The van der Waals surface area contributed by atoms with Crippen molar-refractivity contribution in [2.45, 2.75) is 23.8 Å². The van der Waals surface area contributed by atoms with Crippen molar-refractivity contribution in [2.24, 2.45) is 0 Å². The number of ether oxygens (including phenoxy) is 1. The molecule has 144 valence electrons. The Hall–Kier alpha value is -2.87. The van der Waals surface area contributed by atoms with Gasteiger partial charge in [0.1, 0.15) is 5.75 Å². The molecule has 0 radical (unpaired) electrons. The normalized spacial score (nSPS) is 13.4. The molecule has 1 amide bonds. The van der Waals surface area contributed by atoms with Gasteiger partial charge in [-0.05, 0) is 48.9 Å². The molecule has 1 unspecified atom stereocenters. The van der Waals surface area contributed by atoms with Gasteiger partial charge >= 0.3 is 5.97 Å². The van der Waals surface area contributed by atoms with Gasteiger partial charge in [-0.1, -0.05) is 12.1 Å². The lowest BCUT2D eigenvalue weighted by Crippen LogP contribution is -2.45. The van der Waals surface area contributed by atoms with Crippen molar-refractivity contribution in [3.05, 3.63) is 59.7 Å². The Morgan fingerprint density at radius 3 is 2.30 bits per heavy atom. The van der Waals surface area contributed by atoms with Crippen LogP contribution in [0.3, 0.4) is 0 Å². The largest absolute Gasteiger partial charge is 0.497 e. The number of aliphatic carboxylic acids is 1. The Morgan fingerprint density at radius 2 is 1.78 bits per heavy atom. The highest BCUT2D eigenvalue weighted by Gasteiger charge is 2.32. The minimum absolute atomic E-state index is 0.0974. The molecule has 7 nitrogen and oxygen atoms in total. The van der Waals surface area contributed by atoms with Gasteiger partial charge in [-0.3, -0.25) is 9.59 Å². The molecular formula is C19H21NO6S. The van der Waals surface area contributed by atoms with E-state index in [2.05, 4.69) is 5.32 Å². The van der Waals surface area contributed by atoms with E-state index in [0.29, 0.717) is 11.3 Å². The number of carboxylic acid groups (broad SMARTS) is 1. The van der Waals surface area contributed by atoms with E-state index in [0.717, 1.165) is 6.26 Å². The minimum atomic E-state index is -3.37. The van der Waals surface area contributed by atoms with Gasteiger partial charge in [-0.25, -0.2) is 8.42 Å². The van der Waals surface area contributed by atoms with Crippen molar-refractivity contribution in [2.75, 3.05) is 13.4 Å². The van der Waals surface area contributed by atoms with Crippen molar-refractivity contribution >= 4 is 21.7 Å². The number of nitrogens with one attached hydrogen (secondary N) is 1. The zero-order valence-corrected chi connectivity index (χ0v) is 16.0. The van der Waals surface area contributed by atoms with E-state index in [1.54, 1.807) is 31.2 Å². The highest BCUT2D eigenvalue weighted by atomic mass is 32.2. The number of hydrogen-bond donors (Lipinski definition) is 2. The second kappa shape index (κ2) is 7.79. The van der Waals surface area contributed by atoms with E-state index in [9.17, 15) is 23.1 Å². The van der Waals surface area contributed by atoms with Gasteiger partial charge in [-0.2, -0.15) is 0 Å². The SMILES string of the molecule is COc1cccc(C(C)(CC(=O)O)NC(=O)c2ccc(S(C)(=O)=O)cc2)c1. The second-order valence-electron chi connectivity index (χ2n) is 6.39. The van der Waals surface area contributed by atoms with E-state index in [4.69, 9.17) is 4.74 Å². The Kier molecular flexibility index (Phi) is 5.90. The number of amides is 1. The number of sulfone groups is 1. The number of methoxy groups -OCH3 is 1. The average Bonchev–Trinajstić information content (AvgIpc) is 2.60. The maximum absolute atomic E-state index is 12.6. The van der Waals surface area contributed by atoms with Crippen LogP contribution in [0.15, 0.2) is 53.4 Å². The summed E-state index contributed by atoms with van der Waals surface area (Å²) >= 11 is 0. The van der Waals surface area contributed by atoms with Gasteiger partial charge in [0.05, 0.1) is 24.0 Å². The summed E-state index contributed by atoms with van der Waals surface area (Å²) < 4.78 is 28.2. The Morgan fingerprint density at radius 1 is 1.15 bits per heavy atom. The predicted octanol–water partition coefficient (Wildman–Crippen LogP) is 2.22. The number of rotatable bonds is 7. The summed E-state index contributed by atoms with van der Waals surface area (Å²) in [5.74, 6) is -1.05. The molecule has 2 rings (SSSR count). The predicted molar refractivity (Wildman–Crippen MR) is 99.6 cm³/mol. The zero-order chi connectivity index (χ0) is 20.2. The lowest BCUT2D eigenvalue weighted by atomic mass is 9.88. The second-order valence-corrected chi connectivity index (χ2v) is 8.40. The molecule has 0 aromatic heterocycles. The van der Waals surface area contributed by atoms with Crippen molar-refractivity contribution in [1.82, 2.24) is 5.32 Å². The van der Waals surface area contributed by atoms with Crippen LogP contribution in [0.5, 0.6) is 5.75 Å². The third-order valence-corrected chi connectivity index (χ3v) is 5.27. The van der Waals surface area contributed by atoms with E-state index >= 15 is 0 Å². The summed E-state index contributed by atoms with van der Waals surface area (Å²) in [7, 11) is -1.87. The Balaban J connectivity index is 2.34. The fourth-order valence-electron chi connectivity index (χ4n) is 2.66. The molecule has 2 aromatic carbocycles. The molecule has 0 aliphatic rings. The van der Waals surface area contributed by atoms with Crippen LogP contribution in [0, 0.1) is 0 Å². The molecule has 2 N–H and O–H groups in total. The molecule has 0 bridgehead atoms. The first-order valence-corrected chi connectivity index (χ1v) is 9.93. The summed E-state index contributed by atoms with van der Waals surface area (Å²) in [5.41, 5.74) is -0.389. The first kappa shape index (κ1) is 20.4. The fraction of sp³-hybridized carbons (Fsp3) is 0.263. The van der Waals surface area contributed by atoms with E-state index in [-0.39, 0.29) is 16.9 Å². The van der Waals surface area contributed by atoms with E-state index in [1.165, 1.54) is 31.4 Å². The van der Waals surface area contributed by atoms with Crippen molar-refractivity contribution < 1.29 is 27.9 Å². The standard InChI is InChI=1S/C19H21NO6S/c1-19(12-17(21)22,14-5-4-6-15(11-14)26-2)20-18(23)13-7-9-16(10-8-13)27(3,24)25/h4-11H,12H2,1-3H3,(H,20,23)(H,21,22). The Bertz CT molecular complexity index is 952. The average molecular weight is 391 g/mol. The fourth-order valence-corrected chi connectivity index (χ4v) is 3.29. The van der Waals surface area contributed by atoms with E-state index < -0.39 is 27.3 Å². The van der Waals surface area contributed by atoms with Gasteiger partial charge < -0.3 is 15.2 Å². The van der Waals surface area contributed by atoms with Gasteiger partial charge in [0.25, 0.3) is 5.91 Å². The van der Waals surface area contributed by atoms with Gasteiger partial charge in [0.2, 0.25) is 0 Å². The van der Waals surface area contributed by atoms with Gasteiger partial charge in [0.15, 0.2) is 9.84 Å². The summed E-state index contributed by atoms with van der Waals surface area (Å²) in [5, 5.41) is 12.0. The molecule has 1 atom stereocenters. The van der Waals surface area contributed by atoms with Crippen molar-refractivity contribution in [3.8, 4) is 5.75 Å². The van der Waals surface area contributed by atoms with Crippen LogP contribution < -0.4 is 10.1 Å². The molecule has 0 heterocycles. The summed E-state index contributed by atoms with van der Waals surface area (Å²) in [6.07, 6.45) is 0.738. The number of benzene rings is 2. The number of carbonyl (C=O) groups is 2. The molecule has 0 fully saturated rings. The topological polar surface area (TPSA) is 110 Å². The molecule has 2 aromatic rings. The lowest BCUT2D eigenvalue weighted by molar-refractivity contribution is -0.138. The molecule has 0 aliphatic carbocycles. The smallest absolute Gasteiger partial charge is 0.306 e. The van der Waals surface area contributed by atoms with Gasteiger partial charge in [0, 0.05) is 11.8 Å². The lowest BCUT2D eigenvalue weighted by Gasteiger charge is -2.30. The quantitative estimate of drug-likeness (QED) is 0.749. The molecule has 8 heteroatoms. The summed E-state index contributed by atoms with van der Waals surface area (Å²) in [6.45, 7) is 1.61. The molecule has 0 saturated heterocycles. The third-order valence-electron chi connectivity index (χ3n) is 4.15. The minimum Gasteiger partial charge on any atom is -0.497 e. The highest BCUT2D eigenvalue weighted by Crippen LogP contribution is 2.28. The van der Waals surface area contributed by atoms with Crippen molar-refractivity contribution in [1.29, 1.82) is 0 Å². The Labute approximate surface area is 157 Å². The highest BCUT2D eigenvalue weighted by molar-refractivity contribution is 7.90. The summed E-state index contributed by atoms with van der Waals surface area (Å²) in [4.78, 5) is 24.1. The molecule has 27 heavy (non-hydrogen) atoms. The maximum Gasteiger partial charge on any atom is 0.306 e. The molecule has 0 saturated carbocycles. The molecular weight excluding hydrogens is 370 g/mol. The zero-order valence-electron chi connectivity index (χ0n) is 15.2. The van der Waals surface area contributed by atoms with Crippen LogP contribution in [0.2, 0.25) is 0 Å². The maximum atomic E-state index is 12.6. The molecule has 0 spiro atoms. The van der Waals surface area contributed by atoms with Crippen LogP contribution >= 0.6 is 0 Å².